The molecule has 0 aliphatic rings. The van der Waals surface area contributed by atoms with E-state index in [-0.39, 0.29) is 5.91 Å². The predicted octanol–water partition coefficient (Wildman–Crippen LogP) is 3.32. The standard InChI is InChI=1S/C10H11BrClNO/c1-6-5-8(3-4-9(6)11)13-10(14)7(2)12/h3-5,7H,1-2H3,(H,13,14)/t7-/m0/s1. The van der Waals surface area contributed by atoms with Crippen molar-refractivity contribution in [2.45, 2.75) is 19.2 Å². The van der Waals surface area contributed by atoms with Crippen LogP contribution in [0.2, 0.25) is 0 Å². The van der Waals surface area contributed by atoms with Crippen LogP contribution in [-0.2, 0) is 4.79 Å². The Morgan fingerprint density at radius 3 is 2.71 bits per heavy atom. The van der Waals surface area contributed by atoms with E-state index in [0.717, 1.165) is 15.7 Å². The number of carbonyl (C=O) groups is 1. The second kappa shape index (κ2) is 4.80. The summed E-state index contributed by atoms with van der Waals surface area (Å²) in [7, 11) is 0. The van der Waals surface area contributed by atoms with Crippen molar-refractivity contribution in [1.29, 1.82) is 0 Å². The van der Waals surface area contributed by atoms with Crippen molar-refractivity contribution < 1.29 is 4.79 Å². The molecule has 0 heterocycles. The van der Waals surface area contributed by atoms with Crippen LogP contribution in [0.15, 0.2) is 22.7 Å². The summed E-state index contributed by atoms with van der Waals surface area (Å²) in [5, 5.41) is 2.20. The molecule has 0 saturated heterocycles. The molecule has 0 bridgehead atoms. The number of carbonyl (C=O) groups excluding carboxylic acids is 1. The molecule has 1 atom stereocenters. The number of hydrogen-bond donors (Lipinski definition) is 1. The van der Waals surface area contributed by atoms with Gasteiger partial charge in [-0.25, -0.2) is 0 Å². The number of alkyl halides is 1. The van der Waals surface area contributed by atoms with Gasteiger partial charge in [-0.15, -0.1) is 11.6 Å². The largest absolute Gasteiger partial charge is 0.325 e. The van der Waals surface area contributed by atoms with Crippen molar-refractivity contribution in [2.24, 2.45) is 0 Å². The average molecular weight is 277 g/mol. The van der Waals surface area contributed by atoms with E-state index in [2.05, 4.69) is 21.2 Å². The minimum atomic E-state index is -0.515. The summed E-state index contributed by atoms with van der Waals surface area (Å²) in [5.74, 6) is -0.187. The van der Waals surface area contributed by atoms with Gasteiger partial charge in [-0.05, 0) is 37.6 Å². The van der Waals surface area contributed by atoms with E-state index in [4.69, 9.17) is 11.6 Å². The number of aryl methyl sites for hydroxylation is 1. The van der Waals surface area contributed by atoms with Crippen molar-refractivity contribution in [2.75, 3.05) is 5.32 Å². The Hall–Kier alpha value is -0.540. The molecular formula is C10H11BrClNO. The minimum absolute atomic E-state index is 0.187. The minimum Gasteiger partial charge on any atom is -0.325 e. The monoisotopic (exact) mass is 275 g/mol. The highest BCUT2D eigenvalue weighted by atomic mass is 79.9. The van der Waals surface area contributed by atoms with Crippen LogP contribution in [0, 0.1) is 6.92 Å². The molecule has 1 amide bonds. The second-order valence-electron chi connectivity index (χ2n) is 3.07. The zero-order chi connectivity index (χ0) is 10.7. The molecule has 1 N–H and O–H groups in total. The molecule has 0 aliphatic carbocycles. The third kappa shape index (κ3) is 3.00. The first-order valence-electron chi connectivity index (χ1n) is 4.22. The van der Waals surface area contributed by atoms with Gasteiger partial charge >= 0.3 is 0 Å². The third-order valence-corrected chi connectivity index (χ3v) is 2.87. The van der Waals surface area contributed by atoms with Crippen molar-refractivity contribution in [3.63, 3.8) is 0 Å². The fraction of sp³-hybridized carbons (Fsp3) is 0.300. The van der Waals surface area contributed by atoms with Crippen molar-refractivity contribution >= 4 is 39.1 Å². The number of anilines is 1. The number of hydrogen-bond acceptors (Lipinski definition) is 1. The first-order valence-corrected chi connectivity index (χ1v) is 5.44. The van der Waals surface area contributed by atoms with E-state index in [0.29, 0.717) is 0 Å². The van der Waals surface area contributed by atoms with Crippen LogP contribution in [0.4, 0.5) is 5.69 Å². The van der Waals surface area contributed by atoms with E-state index >= 15 is 0 Å². The summed E-state index contributed by atoms with van der Waals surface area (Å²) < 4.78 is 1.02. The summed E-state index contributed by atoms with van der Waals surface area (Å²) in [6, 6.07) is 5.61. The van der Waals surface area contributed by atoms with Gasteiger partial charge in [0.2, 0.25) is 5.91 Å². The van der Waals surface area contributed by atoms with E-state index < -0.39 is 5.38 Å². The van der Waals surface area contributed by atoms with Crippen molar-refractivity contribution in [1.82, 2.24) is 0 Å². The molecule has 0 aliphatic heterocycles. The average Bonchev–Trinajstić information content (AvgIpc) is 2.11. The van der Waals surface area contributed by atoms with Crippen LogP contribution < -0.4 is 5.32 Å². The molecule has 0 aromatic heterocycles. The van der Waals surface area contributed by atoms with Crippen LogP contribution >= 0.6 is 27.5 Å². The summed E-state index contributed by atoms with van der Waals surface area (Å²) in [5.41, 5.74) is 1.84. The molecule has 0 spiro atoms. The fourth-order valence-electron chi connectivity index (χ4n) is 0.964. The number of halogens is 2. The lowest BCUT2D eigenvalue weighted by Crippen LogP contribution is -2.20. The fourth-order valence-corrected chi connectivity index (χ4v) is 1.27. The normalized spacial score (nSPS) is 12.3. The van der Waals surface area contributed by atoms with Gasteiger partial charge < -0.3 is 5.32 Å². The molecular weight excluding hydrogens is 265 g/mol. The van der Waals surface area contributed by atoms with Gasteiger partial charge in [0.1, 0.15) is 5.38 Å². The topological polar surface area (TPSA) is 29.1 Å². The van der Waals surface area contributed by atoms with Gasteiger partial charge in [0.15, 0.2) is 0 Å². The number of nitrogens with one attached hydrogen (secondary N) is 1. The SMILES string of the molecule is Cc1cc(NC(=O)[C@H](C)Cl)ccc1Br. The van der Waals surface area contributed by atoms with E-state index in [1.807, 2.05) is 25.1 Å². The third-order valence-electron chi connectivity index (χ3n) is 1.79. The lowest BCUT2D eigenvalue weighted by atomic mass is 10.2. The van der Waals surface area contributed by atoms with Crippen molar-refractivity contribution in [3.05, 3.63) is 28.2 Å². The molecule has 1 aromatic carbocycles. The molecule has 1 aromatic rings. The summed E-state index contributed by atoms with van der Waals surface area (Å²) in [6.45, 7) is 3.60. The van der Waals surface area contributed by atoms with Gasteiger partial charge in [0.05, 0.1) is 0 Å². The Kier molecular flexibility index (Phi) is 3.96. The van der Waals surface area contributed by atoms with E-state index in [1.165, 1.54) is 0 Å². The smallest absolute Gasteiger partial charge is 0.242 e. The second-order valence-corrected chi connectivity index (χ2v) is 4.58. The highest BCUT2D eigenvalue weighted by molar-refractivity contribution is 9.10. The molecule has 14 heavy (non-hydrogen) atoms. The number of amides is 1. The van der Waals surface area contributed by atoms with Gasteiger partial charge in [-0.3, -0.25) is 4.79 Å². The molecule has 4 heteroatoms. The molecule has 0 radical (unpaired) electrons. The maximum absolute atomic E-state index is 11.3. The van der Waals surface area contributed by atoms with E-state index in [1.54, 1.807) is 6.92 Å². The maximum Gasteiger partial charge on any atom is 0.242 e. The van der Waals surface area contributed by atoms with Gasteiger partial charge in [0.25, 0.3) is 0 Å². The first kappa shape index (κ1) is 11.5. The Balaban J connectivity index is 2.78. The Morgan fingerprint density at radius 1 is 1.57 bits per heavy atom. The Labute approximate surface area is 96.8 Å². The maximum atomic E-state index is 11.3. The summed E-state index contributed by atoms with van der Waals surface area (Å²) in [4.78, 5) is 11.3. The van der Waals surface area contributed by atoms with Gasteiger partial charge in [-0.2, -0.15) is 0 Å². The lowest BCUT2D eigenvalue weighted by molar-refractivity contribution is -0.115. The van der Waals surface area contributed by atoms with Crippen LogP contribution in [0.1, 0.15) is 12.5 Å². The number of rotatable bonds is 2. The Bertz CT molecular complexity index is 352. The molecule has 0 fully saturated rings. The van der Waals surface area contributed by atoms with Crippen molar-refractivity contribution in [3.8, 4) is 0 Å². The molecule has 1 rings (SSSR count). The molecule has 2 nitrogen and oxygen atoms in total. The highest BCUT2D eigenvalue weighted by Gasteiger charge is 2.09. The zero-order valence-electron chi connectivity index (χ0n) is 7.97. The van der Waals surface area contributed by atoms with E-state index in [9.17, 15) is 4.79 Å². The predicted molar refractivity (Wildman–Crippen MR) is 62.8 cm³/mol. The molecule has 0 unspecified atom stereocenters. The summed E-state index contributed by atoms with van der Waals surface area (Å²) >= 11 is 9.01. The molecule has 76 valence electrons. The zero-order valence-corrected chi connectivity index (χ0v) is 10.3. The van der Waals surface area contributed by atoms with Gasteiger partial charge in [-0.1, -0.05) is 15.9 Å². The lowest BCUT2D eigenvalue weighted by Gasteiger charge is -2.07. The quantitative estimate of drug-likeness (QED) is 0.825. The van der Waals surface area contributed by atoms with Crippen LogP contribution in [-0.4, -0.2) is 11.3 Å². The van der Waals surface area contributed by atoms with Crippen LogP contribution in [0.3, 0.4) is 0 Å². The highest BCUT2D eigenvalue weighted by Crippen LogP contribution is 2.20. The Morgan fingerprint density at radius 2 is 2.21 bits per heavy atom. The molecule has 0 saturated carbocycles. The van der Waals surface area contributed by atoms with Gasteiger partial charge in [0, 0.05) is 10.2 Å². The number of benzene rings is 1. The summed E-state index contributed by atoms with van der Waals surface area (Å²) in [6.07, 6.45) is 0. The first-order chi connectivity index (χ1) is 6.50. The van der Waals surface area contributed by atoms with Crippen LogP contribution in [0.5, 0.6) is 0 Å². The van der Waals surface area contributed by atoms with Crippen LogP contribution in [0.25, 0.3) is 0 Å².